The fraction of sp³-hybridized carbons (Fsp3) is 0.448. The molecule has 1 aromatic heterocycles. The zero-order chi connectivity index (χ0) is 30.3. The van der Waals surface area contributed by atoms with Gasteiger partial charge in [-0.2, -0.15) is 5.10 Å². The van der Waals surface area contributed by atoms with Crippen LogP contribution >= 0.6 is 42.4 Å². The van der Waals surface area contributed by atoms with E-state index in [0.29, 0.717) is 71.9 Å². The van der Waals surface area contributed by atoms with Gasteiger partial charge in [-0.15, -0.1) is 0 Å². The Morgan fingerprint density at radius 2 is 1.76 bits per heavy atom. The third-order valence-corrected chi connectivity index (χ3v) is 9.85. The molecule has 1 saturated heterocycles. The molecule has 228 valence electrons. The summed E-state index contributed by atoms with van der Waals surface area (Å²) >= 11 is 18.8. The number of carbonyl (C=O) groups is 1. The second-order valence-corrected chi connectivity index (χ2v) is 13.3. The van der Waals surface area contributed by atoms with Crippen LogP contribution in [0.25, 0.3) is 16.9 Å². The molecule has 1 amide bonds. The molecule has 1 N–H and O–H groups in total. The predicted molar refractivity (Wildman–Crippen MR) is 167 cm³/mol. The van der Waals surface area contributed by atoms with Crippen LogP contribution in [0.5, 0.6) is 0 Å². The number of hydrogen-bond donors (Lipinski definition) is 1. The number of benzene rings is 2. The van der Waals surface area contributed by atoms with Gasteiger partial charge in [0.1, 0.15) is 0 Å². The minimum absolute atomic E-state index is 0.00313. The maximum absolute atomic E-state index is 13.6. The highest BCUT2D eigenvalue weighted by atomic mass is 35.5. The molecule has 1 unspecified atom stereocenters. The van der Waals surface area contributed by atoms with Crippen molar-refractivity contribution < 1.29 is 23.1 Å². The van der Waals surface area contributed by atoms with Crippen molar-refractivity contribution in [3.8, 4) is 16.9 Å². The summed E-state index contributed by atoms with van der Waals surface area (Å²) < 4.78 is 30.9. The van der Waals surface area contributed by atoms with Gasteiger partial charge in [-0.25, -0.2) is 9.69 Å². The van der Waals surface area contributed by atoms with E-state index >= 15 is 0 Å². The molecule has 4 rings (SSSR count). The van der Waals surface area contributed by atoms with Crippen LogP contribution < -0.4 is 5.43 Å². The fourth-order valence-electron chi connectivity index (χ4n) is 4.96. The Balaban J connectivity index is 1.46. The molecule has 1 aliphatic heterocycles. The van der Waals surface area contributed by atoms with Gasteiger partial charge in [0.2, 0.25) is 0 Å². The van der Waals surface area contributed by atoms with Gasteiger partial charge in [0.15, 0.2) is 5.69 Å². The Kier molecular flexibility index (Phi) is 11.9. The predicted octanol–water partition coefficient (Wildman–Crippen LogP) is 7.59. The number of nitrogens with one attached hydrogen (secondary N) is 1. The molecule has 13 heteroatoms. The van der Waals surface area contributed by atoms with Gasteiger partial charge in [0.05, 0.1) is 48.4 Å². The second kappa shape index (κ2) is 15.2. The zero-order valence-electron chi connectivity index (χ0n) is 23.9. The molecule has 42 heavy (non-hydrogen) atoms. The fourth-order valence-corrected chi connectivity index (χ4v) is 7.22. The van der Waals surface area contributed by atoms with Gasteiger partial charge in [0.25, 0.3) is 5.91 Å². The number of carbonyl (C=O) groups excluding carboxylic acids is 1. The summed E-state index contributed by atoms with van der Waals surface area (Å²) in [5.74, 6) is -0.326. The smallest absolute Gasteiger partial charge is 0.330 e. The minimum Gasteiger partial charge on any atom is -0.380 e. The van der Waals surface area contributed by atoms with Gasteiger partial charge < -0.3 is 13.8 Å². The molecular formula is C29H36Cl3N4O5P. The van der Waals surface area contributed by atoms with Crippen LogP contribution in [0.1, 0.15) is 49.2 Å². The molecule has 0 aliphatic carbocycles. The number of halogens is 3. The van der Waals surface area contributed by atoms with Crippen LogP contribution in [0.2, 0.25) is 15.1 Å². The monoisotopic (exact) mass is 656 g/mol. The first-order valence-corrected chi connectivity index (χ1v) is 16.9. The van der Waals surface area contributed by atoms with Gasteiger partial charge >= 0.3 is 7.60 Å². The third kappa shape index (κ3) is 8.16. The summed E-state index contributed by atoms with van der Waals surface area (Å²) in [5, 5.41) is 8.12. The molecule has 0 spiro atoms. The highest BCUT2D eigenvalue weighted by Crippen LogP contribution is 2.48. The molecule has 0 radical (unpaired) electrons. The van der Waals surface area contributed by atoms with Crippen LogP contribution in [0, 0.1) is 6.92 Å². The SMILES string of the molecule is CCOP(=O)(CCCOCC1CCCN1NC(=O)c1nn(-c2ccc(Cl)cc2Cl)c(-c2ccc(Cl)cc2)c1C)OCC. The van der Waals surface area contributed by atoms with Gasteiger partial charge in [-0.3, -0.25) is 14.8 Å². The van der Waals surface area contributed by atoms with Crippen LogP contribution in [-0.4, -0.2) is 65.9 Å². The van der Waals surface area contributed by atoms with E-state index in [1.54, 1.807) is 48.9 Å². The number of amides is 1. The van der Waals surface area contributed by atoms with Crippen molar-refractivity contribution in [2.24, 2.45) is 0 Å². The summed E-state index contributed by atoms with van der Waals surface area (Å²) in [5.41, 5.74) is 6.16. The highest BCUT2D eigenvalue weighted by Gasteiger charge is 2.30. The van der Waals surface area contributed by atoms with Crippen molar-refractivity contribution in [3.63, 3.8) is 0 Å². The van der Waals surface area contributed by atoms with E-state index in [4.69, 9.17) is 53.7 Å². The lowest BCUT2D eigenvalue weighted by molar-refractivity contribution is 0.0470. The molecule has 1 atom stereocenters. The molecule has 9 nitrogen and oxygen atoms in total. The first-order valence-electron chi connectivity index (χ1n) is 14.0. The summed E-state index contributed by atoms with van der Waals surface area (Å²) in [6.45, 7) is 7.65. The maximum atomic E-state index is 13.6. The quantitative estimate of drug-likeness (QED) is 0.141. The molecule has 3 aromatic rings. The Bertz CT molecular complexity index is 1410. The van der Waals surface area contributed by atoms with E-state index in [1.807, 2.05) is 24.1 Å². The van der Waals surface area contributed by atoms with E-state index in [0.717, 1.165) is 24.1 Å². The summed E-state index contributed by atoms with van der Waals surface area (Å²) in [6.07, 6.45) is 2.64. The number of rotatable bonds is 14. The van der Waals surface area contributed by atoms with E-state index in [-0.39, 0.29) is 17.6 Å². The lowest BCUT2D eigenvalue weighted by atomic mass is 10.1. The van der Waals surface area contributed by atoms with Crippen LogP contribution in [0.15, 0.2) is 42.5 Å². The lowest BCUT2D eigenvalue weighted by Gasteiger charge is -2.24. The minimum atomic E-state index is -3.09. The Hall–Kier alpha value is -1.94. The van der Waals surface area contributed by atoms with Crippen LogP contribution in [0.3, 0.4) is 0 Å². The third-order valence-electron chi connectivity index (χ3n) is 6.90. The first-order chi connectivity index (χ1) is 20.2. The average Bonchev–Trinajstić information content (AvgIpc) is 3.53. The first kappa shape index (κ1) is 33.0. The van der Waals surface area contributed by atoms with E-state index in [2.05, 4.69) is 5.43 Å². The summed E-state index contributed by atoms with van der Waals surface area (Å²) in [4.78, 5) is 13.6. The van der Waals surface area contributed by atoms with Crippen molar-refractivity contribution in [2.75, 3.05) is 39.1 Å². The summed E-state index contributed by atoms with van der Waals surface area (Å²) in [6, 6.07) is 12.5. The van der Waals surface area contributed by atoms with Gasteiger partial charge in [-0.1, -0.05) is 46.9 Å². The van der Waals surface area contributed by atoms with Crippen molar-refractivity contribution in [1.82, 2.24) is 20.2 Å². The largest absolute Gasteiger partial charge is 0.380 e. The average molecular weight is 658 g/mol. The molecular weight excluding hydrogens is 622 g/mol. The zero-order valence-corrected chi connectivity index (χ0v) is 27.1. The molecule has 1 fully saturated rings. The normalized spacial score (nSPS) is 15.8. The molecule has 2 aromatic carbocycles. The molecule has 2 heterocycles. The second-order valence-electron chi connectivity index (χ2n) is 9.87. The molecule has 0 bridgehead atoms. The topological polar surface area (TPSA) is 94.9 Å². The Labute approximate surface area is 261 Å². The lowest BCUT2D eigenvalue weighted by Crippen LogP contribution is -2.47. The number of hydrogen-bond acceptors (Lipinski definition) is 7. The Morgan fingerprint density at radius 1 is 1.07 bits per heavy atom. The standard InChI is InChI=1S/C29H36Cl3N4O5P/c1-4-40-42(38,41-5-2)17-7-16-39-19-24-8-6-15-35(24)34-29(37)27-20(3)28(21-9-11-22(30)12-10-21)36(33-27)26-14-13-23(31)18-25(26)32/h9-14,18,24H,4-8,15-17,19H2,1-3H3,(H,34,37). The van der Waals surface area contributed by atoms with Gasteiger partial charge in [-0.05, 0) is 70.4 Å². The van der Waals surface area contributed by atoms with Crippen molar-refractivity contribution in [2.45, 2.75) is 46.1 Å². The number of ether oxygens (including phenoxy) is 1. The van der Waals surface area contributed by atoms with Gasteiger partial charge in [0, 0.05) is 34.3 Å². The number of hydrazine groups is 1. The van der Waals surface area contributed by atoms with E-state index < -0.39 is 7.60 Å². The van der Waals surface area contributed by atoms with Crippen molar-refractivity contribution >= 4 is 48.3 Å². The summed E-state index contributed by atoms with van der Waals surface area (Å²) in [7, 11) is -3.09. The van der Waals surface area contributed by atoms with Crippen molar-refractivity contribution in [3.05, 3.63) is 68.8 Å². The molecule has 1 aliphatic rings. The maximum Gasteiger partial charge on any atom is 0.330 e. The number of aromatic nitrogens is 2. The highest BCUT2D eigenvalue weighted by molar-refractivity contribution is 7.53. The number of nitrogens with zero attached hydrogens (tertiary/aromatic N) is 3. The van der Waals surface area contributed by atoms with E-state index in [1.165, 1.54) is 0 Å². The Morgan fingerprint density at radius 3 is 2.43 bits per heavy atom. The van der Waals surface area contributed by atoms with Crippen LogP contribution in [0.4, 0.5) is 0 Å². The molecule has 0 saturated carbocycles. The van der Waals surface area contributed by atoms with Crippen LogP contribution in [-0.2, 0) is 18.3 Å². The van der Waals surface area contributed by atoms with Crippen molar-refractivity contribution in [1.29, 1.82) is 0 Å². The van der Waals surface area contributed by atoms with E-state index in [9.17, 15) is 9.36 Å².